The van der Waals surface area contributed by atoms with Crippen LogP contribution in [0.25, 0.3) is 11.3 Å². The van der Waals surface area contributed by atoms with Gasteiger partial charge in [-0.25, -0.2) is 4.79 Å². The number of nitro benzene ring substituents is 1. The number of H-pyrrole nitrogens is 1. The van der Waals surface area contributed by atoms with Crippen LogP contribution in [0.15, 0.2) is 72.8 Å². The Labute approximate surface area is 193 Å². The van der Waals surface area contributed by atoms with Gasteiger partial charge in [0.15, 0.2) is 0 Å². The van der Waals surface area contributed by atoms with Gasteiger partial charge < -0.3 is 5.11 Å². The van der Waals surface area contributed by atoms with E-state index in [1.165, 1.54) is 29.2 Å². The van der Waals surface area contributed by atoms with Crippen molar-refractivity contribution in [3.63, 3.8) is 0 Å². The number of aromatic nitrogens is 2. The molecule has 0 saturated carbocycles. The fourth-order valence-electron chi connectivity index (χ4n) is 4.23. The first-order valence-electron chi connectivity index (χ1n) is 10.4. The molecule has 168 valence electrons. The Morgan fingerprint density at radius 1 is 1.09 bits per heavy atom. The van der Waals surface area contributed by atoms with Crippen molar-refractivity contribution >= 4 is 23.3 Å². The number of amides is 1. The molecule has 9 heteroatoms. The Morgan fingerprint density at radius 3 is 2.44 bits per heavy atom. The standard InChI is InChI=1S/C25H18N4O5/c1-14-5-7-15(8-6-14)21-20-22(27-26-21)24(30)28(18-11-9-16(10-12-18)25(31)32)23(20)17-3-2-4-19(13-17)29(33)34/h2-13,23H,1H3,(H,26,27)(H,31,32)/t23-/m1/s1. The minimum atomic E-state index is -1.08. The summed E-state index contributed by atoms with van der Waals surface area (Å²) in [7, 11) is 0. The first-order chi connectivity index (χ1) is 16.3. The van der Waals surface area contributed by atoms with E-state index in [4.69, 9.17) is 0 Å². The number of carboxylic acid groups (broad SMARTS) is 1. The summed E-state index contributed by atoms with van der Waals surface area (Å²) in [5.41, 5.74) is 4.33. The van der Waals surface area contributed by atoms with Gasteiger partial charge in [-0.05, 0) is 36.8 Å². The molecule has 0 spiro atoms. The fraction of sp³-hybridized carbons (Fsp3) is 0.0800. The summed E-state index contributed by atoms with van der Waals surface area (Å²) in [4.78, 5) is 37.3. The highest BCUT2D eigenvalue weighted by molar-refractivity contribution is 6.12. The number of aryl methyl sites for hydroxylation is 1. The van der Waals surface area contributed by atoms with E-state index in [-0.39, 0.29) is 22.9 Å². The van der Waals surface area contributed by atoms with Gasteiger partial charge in [0.05, 0.1) is 22.2 Å². The fourth-order valence-corrected chi connectivity index (χ4v) is 4.23. The van der Waals surface area contributed by atoms with Crippen LogP contribution in [-0.2, 0) is 0 Å². The van der Waals surface area contributed by atoms with E-state index < -0.39 is 16.9 Å². The maximum absolute atomic E-state index is 13.5. The molecule has 9 nitrogen and oxygen atoms in total. The van der Waals surface area contributed by atoms with Gasteiger partial charge in [0.25, 0.3) is 11.6 Å². The van der Waals surface area contributed by atoms with Crippen LogP contribution >= 0.6 is 0 Å². The minimum absolute atomic E-state index is 0.0860. The van der Waals surface area contributed by atoms with Crippen molar-refractivity contribution in [1.29, 1.82) is 0 Å². The van der Waals surface area contributed by atoms with Gasteiger partial charge in [-0.2, -0.15) is 5.10 Å². The molecule has 2 N–H and O–H groups in total. The molecule has 4 aromatic rings. The quantitative estimate of drug-likeness (QED) is 0.331. The molecule has 34 heavy (non-hydrogen) atoms. The summed E-state index contributed by atoms with van der Waals surface area (Å²) in [5.74, 6) is -1.44. The minimum Gasteiger partial charge on any atom is -0.478 e. The van der Waals surface area contributed by atoms with Crippen molar-refractivity contribution in [3.8, 4) is 11.3 Å². The van der Waals surface area contributed by atoms with E-state index in [1.54, 1.807) is 24.3 Å². The highest BCUT2D eigenvalue weighted by atomic mass is 16.6. The molecule has 1 aliphatic rings. The van der Waals surface area contributed by atoms with Gasteiger partial charge in [0.2, 0.25) is 0 Å². The Morgan fingerprint density at radius 2 is 1.79 bits per heavy atom. The van der Waals surface area contributed by atoms with Gasteiger partial charge in [-0.3, -0.25) is 24.9 Å². The first-order valence-corrected chi connectivity index (χ1v) is 10.4. The average Bonchev–Trinajstić information content (AvgIpc) is 3.38. The van der Waals surface area contributed by atoms with Gasteiger partial charge in [-0.15, -0.1) is 0 Å². The number of carboxylic acids is 1. The lowest BCUT2D eigenvalue weighted by molar-refractivity contribution is -0.384. The maximum atomic E-state index is 13.5. The van der Waals surface area contributed by atoms with E-state index in [2.05, 4.69) is 10.2 Å². The number of benzene rings is 3. The average molecular weight is 454 g/mol. The molecule has 1 aliphatic heterocycles. The highest BCUT2D eigenvalue weighted by Crippen LogP contribution is 2.45. The second-order valence-electron chi connectivity index (χ2n) is 8.01. The Hall–Kier alpha value is -4.79. The number of hydrogen-bond acceptors (Lipinski definition) is 5. The van der Waals surface area contributed by atoms with Gasteiger partial charge in [0.1, 0.15) is 5.69 Å². The molecule has 5 rings (SSSR count). The molecule has 1 aromatic heterocycles. The van der Waals surface area contributed by atoms with Crippen molar-refractivity contribution < 1.29 is 19.6 Å². The van der Waals surface area contributed by atoms with Crippen LogP contribution in [0.1, 0.15) is 43.6 Å². The zero-order chi connectivity index (χ0) is 24.0. The Bertz CT molecular complexity index is 1440. The molecule has 0 fully saturated rings. The zero-order valence-electron chi connectivity index (χ0n) is 17.9. The lowest BCUT2D eigenvalue weighted by Gasteiger charge is -2.26. The number of aromatic amines is 1. The number of fused-ring (bicyclic) bond motifs is 1. The third-order valence-corrected chi connectivity index (χ3v) is 5.88. The molecule has 0 unspecified atom stereocenters. The van der Waals surface area contributed by atoms with Crippen LogP contribution in [0, 0.1) is 17.0 Å². The summed E-state index contributed by atoms with van der Waals surface area (Å²) < 4.78 is 0. The number of hydrogen-bond donors (Lipinski definition) is 2. The van der Waals surface area contributed by atoms with Gasteiger partial charge in [-0.1, -0.05) is 42.0 Å². The van der Waals surface area contributed by atoms with Crippen LogP contribution in [-0.4, -0.2) is 32.1 Å². The first kappa shape index (κ1) is 21.1. The summed E-state index contributed by atoms with van der Waals surface area (Å²) >= 11 is 0. The third kappa shape index (κ3) is 3.39. The van der Waals surface area contributed by atoms with E-state index in [1.807, 2.05) is 31.2 Å². The number of aromatic carboxylic acids is 1. The zero-order valence-corrected chi connectivity index (χ0v) is 17.9. The smallest absolute Gasteiger partial charge is 0.335 e. The van der Waals surface area contributed by atoms with Crippen LogP contribution in [0.2, 0.25) is 0 Å². The number of nitro groups is 1. The largest absolute Gasteiger partial charge is 0.478 e. The molecule has 2 heterocycles. The van der Waals surface area contributed by atoms with Crippen molar-refractivity contribution in [2.75, 3.05) is 4.90 Å². The van der Waals surface area contributed by atoms with E-state index in [0.717, 1.165) is 11.1 Å². The molecule has 0 bridgehead atoms. The van der Waals surface area contributed by atoms with Crippen LogP contribution < -0.4 is 4.90 Å². The number of carbonyl (C=O) groups excluding carboxylic acids is 1. The van der Waals surface area contributed by atoms with E-state index in [0.29, 0.717) is 22.5 Å². The molecule has 0 saturated heterocycles. The summed E-state index contributed by atoms with van der Waals surface area (Å²) in [6.07, 6.45) is 0. The monoisotopic (exact) mass is 454 g/mol. The number of nitrogens with zero attached hydrogens (tertiary/aromatic N) is 3. The SMILES string of the molecule is Cc1ccc(-c2n[nH]c3c2[C@@H](c2cccc([N+](=O)[O-])c2)N(c2ccc(C(=O)O)cc2)C3=O)cc1. The van der Waals surface area contributed by atoms with Gasteiger partial charge in [0, 0.05) is 28.9 Å². The Kier molecular flexibility index (Phi) is 4.94. The summed E-state index contributed by atoms with van der Waals surface area (Å²) in [5, 5.41) is 27.9. The molecular weight excluding hydrogens is 436 g/mol. The van der Waals surface area contributed by atoms with Crippen molar-refractivity contribution in [3.05, 3.63) is 111 Å². The number of non-ortho nitro benzene ring substituents is 1. The van der Waals surface area contributed by atoms with Crippen molar-refractivity contribution in [2.45, 2.75) is 13.0 Å². The maximum Gasteiger partial charge on any atom is 0.335 e. The molecule has 1 amide bonds. The predicted molar refractivity (Wildman–Crippen MR) is 124 cm³/mol. The van der Waals surface area contributed by atoms with E-state index >= 15 is 0 Å². The van der Waals surface area contributed by atoms with Crippen molar-refractivity contribution in [2.24, 2.45) is 0 Å². The van der Waals surface area contributed by atoms with Crippen LogP contribution in [0.5, 0.6) is 0 Å². The van der Waals surface area contributed by atoms with Crippen LogP contribution in [0.3, 0.4) is 0 Å². The second kappa shape index (κ2) is 7.96. The topological polar surface area (TPSA) is 129 Å². The number of rotatable bonds is 5. The lowest BCUT2D eigenvalue weighted by atomic mass is 9.95. The molecule has 3 aromatic carbocycles. The molecule has 1 atom stereocenters. The van der Waals surface area contributed by atoms with Crippen molar-refractivity contribution in [1.82, 2.24) is 10.2 Å². The van der Waals surface area contributed by atoms with E-state index in [9.17, 15) is 24.8 Å². The number of anilines is 1. The predicted octanol–water partition coefficient (Wildman–Crippen LogP) is 4.74. The summed E-state index contributed by atoms with van der Waals surface area (Å²) in [6, 6.07) is 19.1. The normalized spacial score (nSPS) is 14.8. The summed E-state index contributed by atoms with van der Waals surface area (Å²) in [6.45, 7) is 1.97. The Balaban J connectivity index is 1.71. The molecule has 0 aliphatic carbocycles. The second-order valence-corrected chi connectivity index (χ2v) is 8.01. The molecular formula is C25H18N4O5. The number of nitrogens with one attached hydrogen (secondary N) is 1. The number of carbonyl (C=O) groups is 2. The molecule has 0 radical (unpaired) electrons. The van der Waals surface area contributed by atoms with Gasteiger partial charge >= 0.3 is 5.97 Å². The third-order valence-electron chi connectivity index (χ3n) is 5.88. The van der Waals surface area contributed by atoms with Crippen LogP contribution in [0.4, 0.5) is 11.4 Å². The lowest BCUT2D eigenvalue weighted by Crippen LogP contribution is -2.29. The highest BCUT2D eigenvalue weighted by Gasteiger charge is 2.43.